The molecule has 6 nitrogen and oxygen atoms in total. The Labute approximate surface area is 212 Å². The Kier molecular flexibility index (Phi) is 7.51. The van der Waals surface area contributed by atoms with E-state index in [0.717, 1.165) is 10.9 Å². The summed E-state index contributed by atoms with van der Waals surface area (Å²) in [4.78, 5) is 2.61. The van der Waals surface area contributed by atoms with E-state index in [4.69, 9.17) is 0 Å². The average molecular weight is 558 g/mol. The lowest BCUT2D eigenvalue weighted by Crippen LogP contribution is -2.43. The molecule has 2 aromatic rings. The predicted octanol–water partition coefficient (Wildman–Crippen LogP) is 6.45. The summed E-state index contributed by atoms with van der Waals surface area (Å²) in [5.74, 6) is -5.27. The molecule has 38 heavy (non-hydrogen) atoms. The molecule has 1 aromatic carbocycles. The summed E-state index contributed by atoms with van der Waals surface area (Å²) in [6.45, 7) is 1.40. The highest BCUT2D eigenvalue weighted by molar-refractivity contribution is 5.60. The summed E-state index contributed by atoms with van der Waals surface area (Å²) in [6, 6.07) is 1.66. The van der Waals surface area contributed by atoms with Crippen molar-refractivity contribution in [3.63, 3.8) is 0 Å². The van der Waals surface area contributed by atoms with E-state index in [-0.39, 0.29) is 23.7 Å². The molecule has 1 N–H and O–H groups in total. The van der Waals surface area contributed by atoms with Crippen molar-refractivity contribution in [3.05, 3.63) is 28.8 Å². The molecule has 1 aromatic heterocycles. The maximum atomic E-state index is 13.6. The summed E-state index contributed by atoms with van der Waals surface area (Å²) in [7, 11) is 1.46. The molecule has 2 aliphatic rings. The zero-order valence-corrected chi connectivity index (χ0v) is 20.6. The van der Waals surface area contributed by atoms with Crippen molar-refractivity contribution < 1.29 is 39.5 Å². The number of aromatic nitrogens is 4. The van der Waals surface area contributed by atoms with E-state index < -0.39 is 67.2 Å². The Bertz CT molecular complexity index is 1100. The molecule has 0 amide bonds. The topological polar surface area (TPSA) is 58.9 Å². The molecule has 1 aliphatic carbocycles. The number of hydrogen-bond acceptors (Lipinski definition) is 5. The first kappa shape index (κ1) is 28.3. The van der Waals surface area contributed by atoms with E-state index in [1.54, 1.807) is 0 Å². The first-order valence-electron chi connectivity index (χ1n) is 12.1. The third-order valence-corrected chi connectivity index (χ3v) is 7.35. The molecule has 2 unspecified atom stereocenters. The van der Waals surface area contributed by atoms with Crippen LogP contribution in [0.3, 0.4) is 0 Å². The monoisotopic (exact) mass is 558 g/mol. The molecule has 3 atom stereocenters. The maximum absolute atomic E-state index is 13.6. The van der Waals surface area contributed by atoms with Crippen molar-refractivity contribution in [1.82, 2.24) is 20.2 Å². The molecule has 1 aliphatic heterocycles. The quantitative estimate of drug-likeness (QED) is 0.438. The van der Waals surface area contributed by atoms with E-state index in [9.17, 15) is 39.5 Å². The summed E-state index contributed by atoms with van der Waals surface area (Å²) in [5.41, 5.74) is -0.244. The lowest BCUT2D eigenvalue weighted by atomic mass is 9.74. The van der Waals surface area contributed by atoms with Crippen LogP contribution in [-0.2, 0) is 13.2 Å². The summed E-state index contributed by atoms with van der Waals surface area (Å²) in [5, 5.41) is 14.8. The van der Waals surface area contributed by atoms with Gasteiger partial charge in [-0.2, -0.15) is 44.3 Å². The third-order valence-electron chi connectivity index (χ3n) is 7.35. The second-order valence-electron chi connectivity index (χ2n) is 10.1. The van der Waals surface area contributed by atoms with Crippen LogP contribution in [0.4, 0.5) is 51.1 Å². The number of benzene rings is 1. The van der Waals surface area contributed by atoms with Crippen LogP contribution in [0, 0.1) is 24.7 Å². The van der Waals surface area contributed by atoms with Crippen LogP contribution in [0.25, 0.3) is 0 Å². The standard InChI is InChI=1S/C23H27F9N6/c1-12-6-16-18(10-17(12)23(30,31)32)33-5-3-4-19(16)38(20-34-36-37(2)35-20)11-13-7-14(21(24,25)26)9-15(8-13)22(27,28)29/h6,10,13-15,19,33H,3-5,7-9,11H2,1-2H3/t13?,14?,15?,19-/m0/s1. The number of nitrogens with zero attached hydrogens (tertiary/aromatic N) is 5. The van der Waals surface area contributed by atoms with E-state index >= 15 is 0 Å². The van der Waals surface area contributed by atoms with Crippen LogP contribution in [-0.4, -0.2) is 45.6 Å². The zero-order chi connectivity index (χ0) is 28.0. The van der Waals surface area contributed by atoms with Crippen molar-refractivity contribution in [2.24, 2.45) is 24.8 Å². The van der Waals surface area contributed by atoms with Crippen LogP contribution in [0.15, 0.2) is 12.1 Å². The van der Waals surface area contributed by atoms with Gasteiger partial charge in [-0.1, -0.05) is 11.2 Å². The molecular weight excluding hydrogens is 531 g/mol. The number of alkyl halides is 9. The van der Waals surface area contributed by atoms with E-state index in [2.05, 4.69) is 20.7 Å². The van der Waals surface area contributed by atoms with E-state index in [0.29, 0.717) is 24.9 Å². The van der Waals surface area contributed by atoms with Gasteiger partial charge in [-0.3, -0.25) is 0 Å². The minimum absolute atomic E-state index is 0.0133. The van der Waals surface area contributed by atoms with Crippen LogP contribution in [0.2, 0.25) is 0 Å². The predicted molar refractivity (Wildman–Crippen MR) is 119 cm³/mol. The van der Waals surface area contributed by atoms with Crippen LogP contribution >= 0.6 is 0 Å². The minimum atomic E-state index is -4.79. The first-order valence-corrected chi connectivity index (χ1v) is 12.1. The van der Waals surface area contributed by atoms with Gasteiger partial charge in [0.15, 0.2) is 0 Å². The van der Waals surface area contributed by atoms with Gasteiger partial charge >= 0.3 is 18.5 Å². The normalized spacial score (nSPS) is 24.9. The summed E-state index contributed by atoms with van der Waals surface area (Å²) >= 11 is 0. The number of nitrogens with one attached hydrogen (secondary N) is 1. The molecule has 0 radical (unpaired) electrons. The molecule has 1 fully saturated rings. The van der Waals surface area contributed by atoms with Crippen LogP contribution < -0.4 is 10.2 Å². The SMILES string of the molecule is Cc1cc2c(cc1C(F)(F)F)NCCC[C@@H]2N(CC1CC(C(F)(F)F)CC(C(F)(F)F)C1)c1nnn(C)n1. The summed E-state index contributed by atoms with van der Waals surface area (Å²) in [6.07, 6.45) is -15.4. The van der Waals surface area contributed by atoms with Gasteiger partial charge in [-0.25, -0.2) is 0 Å². The van der Waals surface area contributed by atoms with Crippen LogP contribution in [0.5, 0.6) is 0 Å². The number of fused-ring (bicyclic) bond motifs is 1. The molecule has 2 heterocycles. The fourth-order valence-corrected chi connectivity index (χ4v) is 5.60. The van der Waals surface area contributed by atoms with Gasteiger partial charge in [0.05, 0.1) is 30.5 Å². The number of halogens is 9. The fraction of sp³-hybridized carbons (Fsp3) is 0.696. The highest BCUT2D eigenvalue weighted by Gasteiger charge is 2.52. The molecule has 15 heteroatoms. The molecule has 0 spiro atoms. The van der Waals surface area contributed by atoms with Gasteiger partial charge in [-0.15, -0.1) is 5.10 Å². The van der Waals surface area contributed by atoms with Crippen molar-refractivity contribution in [2.75, 3.05) is 23.3 Å². The number of tetrazole rings is 1. The molecule has 0 saturated heterocycles. The van der Waals surface area contributed by atoms with E-state index in [1.807, 2.05) is 0 Å². The van der Waals surface area contributed by atoms with Gasteiger partial charge in [0.1, 0.15) is 0 Å². The average Bonchev–Trinajstić information content (AvgIpc) is 3.11. The Morgan fingerprint density at radius 3 is 2.13 bits per heavy atom. The molecule has 0 bridgehead atoms. The Hall–Kier alpha value is -2.74. The van der Waals surface area contributed by atoms with Gasteiger partial charge < -0.3 is 10.2 Å². The Morgan fingerprint density at radius 1 is 0.974 bits per heavy atom. The van der Waals surface area contributed by atoms with E-state index in [1.165, 1.54) is 24.9 Å². The van der Waals surface area contributed by atoms with Crippen molar-refractivity contribution >= 4 is 11.6 Å². The van der Waals surface area contributed by atoms with Crippen molar-refractivity contribution in [2.45, 2.75) is 63.6 Å². The van der Waals surface area contributed by atoms with Gasteiger partial charge in [0.2, 0.25) is 0 Å². The summed E-state index contributed by atoms with van der Waals surface area (Å²) < 4.78 is 122. The lowest BCUT2D eigenvalue weighted by molar-refractivity contribution is -0.228. The fourth-order valence-electron chi connectivity index (χ4n) is 5.60. The van der Waals surface area contributed by atoms with Gasteiger partial charge in [0.25, 0.3) is 5.95 Å². The Balaban J connectivity index is 1.74. The second kappa shape index (κ2) is 10.1. The van der Waals surface area contributed by atoms with Gasteiger partial charge in [0, 0.05) is 18.8 Å². The number of hydrogen-bond donors (Lipinski definition) is 1. The lowest BCUT2D eigenvalue weighted by Gasteiger charge is -2.40. The van der Waals surface area contributed by atoms with Crippen molar-refractivity contribution in [1.29, 1.82) is 0 Å². The first-order chi connectivity index (χ1) is 17.5. The molecule has 212 valence electrons. The minimum Gasteiger partial charge on any atom is -0.385 e. The Morgan fingerprint density at radius 2 is 1.61 bits per heavy atom. The highest BCUT2D eigenvalue weighted by Crippen LogP contribution is 2.49. The number of rotatable bonds is 4. The molecular formula is C23H27F9N6. The molecule has 1 saturated carbocycles. The number of anilines is 2. The third kappa shape index (κ3) is 6.11. The maximum Gasteiger partial charge on any atom is 0.416 e. The smallest absolute Gasteiger partial charge is 0.385 e. The van der Waals surface area contributed by atoms with Crippen LogP contribution in [0.1, 0.15) is 54.8 Å². The largest absolute Gasteiger partial charge is 0.416 e. The number of aryl methyl sites for hydroxylation is 2. The zero-order valence-electron chi connectivity index (χ0n) is 20.6. The van der Waals surface area contributed by atoms with Gasteiger partial charge in [-0.05, 0) is 67.4 Å². The molecule has 4 rings (SSSR count). The van der Waals surface area contributed by atoms with Crippen molar-refractivity contribution in [3.8, 4) is 0 Å². The highest BCUT2D eigenvalue weighted by atomic mass is 19.4. The second-order valence-corrected chi connectivity index (χ2v) is 10.1.